The molecule has 10 heteroatoms. The average molecular weight is 492 g/mol. The zero-order valence-electron chi connectivity index (χ0n) is 19.5. The van der Waals surface area contributed by atoms with Crippen LogP contribution in [0, 0.1) is 0 Å². The van der Waals surface area contributed by atoms with Crippen molar-refractivity contribution in [1.82, 2.24) is 14.8 Å². The van der Waals surface area contributed by atoms with Gasteiger partial charge in [-0.2, -0.15) is 0 Å². The first-order chi connectivity index (χ1) is 17.0. The van der Waals surface area contributed by atoms with E-state index in [0.29, 0.717) is 46.0 Å². The quantitative estimate of drug-likeness (QED) is 0.319. The minimum Gasteiger partial charge on any atom is -0.495 e. The van der Waals surface area contributed by atoms with Gasteiger partial charge in [-0.1, -0.05) is 23.9 Å². The second kappa shape index (κ2) is 10.9. The molecule has 0 aliphatic rings. The fourth-order valence-corrected chi connectivity index (χ4v) is 4.26. The fraction of sp³-hybridized carbons (Fsp3) is 0.200. The number of para-hydroxylation sites is 2. The van der Waals surface area contributed by atoms with E-state index in [9.17, 15) is 9.59 Å². The van der Waals surface area contributed by atoms with Gasteiger partial charge in [-0.3, -0.25) is 14.2 Å². The number of furan rings is 1. The number of thioether (sulfide) groups is 1. The van der Waals surface area contributed by atoms with Gasteiger partial charge in [0.25, 0.3) is 5.91 Å². The molecule has 2 N–H and O–H groups in total. The Bertz CT molecular complexity index is 1300. The highest BCUT2D eigenvalue weighted by atomic mass is 32.2. The normalized spacial score (nSPS) is 11.6. The van der Waals surface area contributed by atoms with E-state index in [1.165, 1.54) is 11.8 Å². The lowest BCUT2D eigenvalue weighted by molar-refractivity contribution is -0.115. The number of rotatable bonds is 9. The molecular weight excluding hydrogens is 466 g/mol. The molecule has 1 atom stereocenters. The second-order valence-corrected chi connectivity index (χ2v) is 8.82. The van der Waals surface area contributed by atoms with Gasteiger partial charge in [0.05, 0.1) is 24.3 Å². The van der Waals surface area contributed by atoms with Crippen LogP contribution in [-0.2, 0) is 11.3 Å². The lowest BCUT2D eigenvalue weighted by atomic mass is 10.2. The van der Waals surface area contributed by atoms with Gasteiger partial charge in [-0.25, -0.2) is 0 Å². The molecule has 180 valence electrons. The summed E-state index contributed by atoms with van der Waals surface area (Å²) in [6.45, 7) is 4.42. The molecule has 0 saturated carbocycles. The molecule has 4 rings (SSSR count). The predicted molar refractivity (Wildman–Crippen MR) is 135 cm³/mol. The standard InChI is InChI=1S/C25H25N5O4S/c1-4-30-22(21-10-7-15-34-21)28-29-25(30)35-16(2)23(31)26-18-13-11-17(12-14-18)24(32)27-19-8-5-6-9-20(19)33-3/h5-16H,4H2,1-3H3,(H,26,31)(H,27,32). The predicted octanol–water partition coefficient (Wildman–Crippen LogP) is 4.94. The van der Waals surface area contributed by atoms with Gasteiger partial charge < -0.3 is 19.8 Å². The molecule has 2 aromatic heterocycles. The zero-order valence-corrected chi connectivity index (χ0v) is 20.3. The van der Waals surface area contributed by atoms with Crippen molar-refractivity contribution in [3.8, 4) is 17.3 Å². The molecule has 0 aliphatic carbocycles. The molecule has 0 aliphatic heterocycles. The van der Waals surface area contributed by atoms with E-state index in [0.717, 1.165) is 0 Å². The topological polar surface area (TPSA) is 111 Å². The van der Waals surface area contributed by atoms with Crippen LogP contribution in [0.25, 0.3) is 11.6 Å². The summed E-state index contributed by atoms with van der Waals surface area (Å²) in [7, 11) is 1.55. The Balaban J connectivity index is 1.37. The van der Waals surface area contributed by atoms with Gasteiger partial charge in [0, 0.05) is 17.8 Å². The third-order valence-corrected chi connectivity index (χ3v) is 6.28. The van der Waals surface area contributed by atoms with Crippen LogP contribution in [0.3, 0.4) is 0 Å². The first-order valence-corrected chi connectivity index (χ1v) is 11.9. The van der Waals surface area contributed by atoms with Crippen LogP contribution in [0.15, 0.2) is 76.5 Å². The SMILES string of the molecule is CCn1c(SC(C)C(=O)Nc2ccc(C(=O)Nc3ccccc3OC)cc2)nnc1-c1ccco1. The molecule has 2 aromatic carbocycles. The molecule has 1 unspecified atom stereocenters. The first-order valence-electron chi connectivity index (χ1n) is 11.0. The zero-order chi connectivity index (χ0) is 24.8. The van der Waals surface area contributed by atoms with Gasteiger partial charge in [-0.15, -0.1) is 10.2 Å². The Morgan fingerprint density at radius 2 is 1.83 bits per heavy atom. The Hall–Kier alpha value is -4.05. The van der Waals surface area contributed by atoms with Crippen molar-refractivity contribution in [3.05, 3.63) is 72.5 Å². The van der Waals surface area contributed by atoms with Gasteiger partial charge in [0.2, 0.25) is 5.91 Å². The van der Waals surface area contributed by atoms with Crippen molar-refractivity contribution in [3.63, 3.8) is 0 Å². The molecular formula is C25H25N5O4S. The molecule has 9 nitrogen and oxygen atoms in total. The van der Waals surface area contributed by atoms with Crippen LogP contribution in [0.5, 0.6) is 5.75 Å². The first kappa shape index (κ1) is 24.1. The lowest BCUT2D eigenvalue weighted by Crippen LogP contribution is -2.23. The van der Waals surface area contributed by atoms with Crippen LogP contribution in [0.4, 0.5) is 11.4 Å². The highest BCUT2D eigenvalue weighted by molar-refractivity contribution is 8.00. The summed E-state index contributed by atoms with van der Waals surface area (Å²) in [6.07, 6.45) is 1.58. The van der Waals surface area contributed by atoms with Crippen LogP contribution in [0.2, 0.25) is 0 Å². The molecule has 2 amide bonds. The molecule has 0 bridgehead atoms. The maximum absolute atomic E-state index is 12.8. The number of hydrogen-bond acceptors (Lipinski definition) is 7. The van der Waals surface area contributed by atoms with Gasteiger partial charge in [-0.05, 0) is 62.4 Å². The third-order valence-electron chi connectivity index (χ3n) is 5.20. The van der Waals surface area contributed by atoms with Gasteiger partial charge in [0.15, 0.2) is 16.7 Å². The number of benzene rings is 2. The number of carbonyl (C=O) groups excluding carboxylic acids is 2. The van der Waals surface area contributed by atoms with E-state index in [1.54, 1.807) is 62.8 Å². The number of amides is 2. The van der Waals surface area contributed by atoms with Crippen molar-refractivity contribution >= 4 is 35.0 Å². The van der Waals surface area contributed by atoms with Crippen LogP contribution >= 0.6 is 11.8 Å². The summed E-state index contributed by atoms with van der Waals surface area (Å²) in [5.74, 6) is 1.35. The number of nitrogens with one attached hydrogen (secondary N) is 2. The van der Waals surface area contributed by atoms with E-state index in [4.69, 9.17) is 9.15 Å². The second-order valence-electron chi connectivity index (χ2n) is 7.51. The van der Waals surface area contributed by atoms with E-state index in [1.807, 2.05) is 29.7 Å². The molecule has 35 heavy (non-hydrogen) atoms. The highest BCUT2D eigenvalue weighted by Gasteiger charge is 2.21. The largest absolute Gasteiger partial charge is 0.495 e. The molecule has 4 aromatic rings. The highest BCUT2D eigenvalue weighted by Crippen LogP contribution is 2.28. The average Bonchev–Trinajstić information content (AvgIpc) is 3.54. The van der Waals surface area contributed by atoms with Crippen molar-refractivity contribution < 1.29 is 18.7 Å². The summed E-state index contributed by atoms with van der Waals surface area (Å²) in [6, 6.07) is 17.5. The van der Waals surface area contributed by atoms with Gasteiger partial charge >= 0.3 is 0 Å². The number of hydrogen-bond donors (Lipinski definition) is 2. The molecule has 0 spiro atoms. The van der Waals surface area contributed by atoms with E-state index < -0.39 is 5.25 Å². The number of carbonyl (C=O) groups is 2. The van der Waals surface area contributed by atoms with E-state index in [-0.39, 0.29) is 11.8 Å². The Kier molecular flexibility index (Phi) is 7.51. The Labute approximate surface area is 206 Å². The lowest BCUT2D eigenvalue weighted by Gasteiger charge is -2.13. The summed E-state index contributed by atoms with van der Waals surface area (Å²) < 4.78 is 12.6. The number of nitrogens with zero attached hydrogens (tertiary/aromatic N) is 3. The summed E-state index contributed by atoms with van der Waals surface area (Å²) in [4.78, 5) is 25.4. The van der Waals surface area contributed by atoms with Crippen molar-refractivity contribution in [2.24, 2.45) is 0 Å². The smallest absolute Gasteiger partial charge is 0.255 e. The number of aromatic nitrogens is 3. The van der Waals surface area contributed by atoms with Crippen LogP contribution in [-0.4, -0.2) is 38.9 Å². The minimum absolute atomic E-state index is 0.188. The number of anilines is 2. The maximum Gasteiger partial charge on any atom is 0.255 e. The fourth-order valence-electron chi connectivity index (χ4n) is 3.35. The van der Waals surface area contributed by atoms with Crippen molar-refractivity contribution in [2.75, 3.05) is 17.7 Å². The van der Waals surface area contributed by atoms with Crippen molar-refractivity contribution in [2.45, 2.75) is 30.8 Å². The van der Waals surface area contributed by atoms with Crippen molar-refractivity contribution in [1.29, 1.82) is 0 Å². The molecule has 0 saturated heterocycles. The molecule has 0 radical (unpaired) electrons. The third kappa shape index (κ3) is 5.55. The van der Waals surface area contributed by atoms with Crippen LogP contribution in [0.1, 0.15) is 24.2 Å². The molecule has 0 fully saturated rings. The summed E-state index contributed by atoms with van der Waals surface area (Å²) in [5.41, 5.74) is 1.63. The summed E-state index contributed by atoms with van der Waals surface area (Å²) in [5, 5.41) is 14.4. The number of methoxy groups -OCH3 is 1. The molecule has 2 heterocycles. The Morgan fingerprint density at radius 1 is 1.06 bits per heavy atom. The Morgan fingerprint density at radius 3 is 2.51 bits per heavy atom. The van der Waals surface area contributed by atoms with E-state index >= 15 is 0 Å². The van der Waals surface area contributed by atoms with Gasteiger partial charge in [0.1, 0.15) is 5.75 Å². The monoisotopic (exact) mass is 491 g/mol. The minimum atomic E-state index is -0.428. The maximum atomic E-state index is 12.8. The van der Waals surface area contributed by atoms with Crippen LogP contribution < -0.4 is 15.4 Å². The summed E-state index contributed by atoms with van der Waals surface area (Å²) >= 11 is 1.31. The van der Waals surface area contributed by atoms with E-state index in [2.05, 4.69) is 20.8 Å². The number of ether oxygens (including phenoxy) is 1.